The number of urea groups is 1. The Hall–Kier alpha value is -3.66. The number of anilines is 3. The molecule has 170 valence electrons. The van der Waals surface area contributed by atoms with Crippen LogP contribution in [0, 0.1) is 0 Å². The highest BCUT2D eigenvalue weighted by atomic mass is 35.5. The summed E-state index contributed by atoms with van der Waals surface area (Å²) in [4.78, 5) is 36.1. The minimum Gasteiger partial charge on any atom is -0.319 e. The van der Waals surface area contributed by atoms with Crippen LogP contribution in [0.2, 0.25) is 5.28 Å². The molecule has 2 heterocycles. The fourth-order valence-corrected chi connectivity index (χ4v) is 3.57. The summed E-state index contributed by atoms with van der Waals surface area (Å²) < 4.78 is 38.1. The molecule has 0 saturated carbocycles. The molecule has 0 aliphatic carbocycles. The van der Waals surface area contributed by atoms with Gasteiger partial charge in [-0.15, -0.1) is 0 Å². The molecule has 0 radical (unpaired) electrons. The molecule has 0 unspecified atom stereocenters. The largest absolute Gasteiger partial charge is 0.471 e. The third-order valence-electron chi connectivity index (χ3n) is 4.97. The molecule has 1 aromatic heterocycles. The van der Waals surface area contributed by atoms with Gasteiger partial charge in [-0.05, 0) is 41.8 Å². The number of benzene rings is 2. The number of aromatic nitrogens is 2. The molecule has 1 N–H and O–H groups in total. The normalized spacial score (nSPS) is 14.0. The third-order valence-corrected chi connectivity index (χ3v) is 5.16. The number of fused-ring (bicyclic) bond motifs is 1. The van der Waals surface area contributed by atoms with Crippen LogP contribution in [-0.2, 0) is 17.8 Å². The summed E-state index contributed by atoms with van der Waals surface area (Å²) in [7, 11) is 0. The Bertz CT molecular complexity index is 1190. The van der Waals surface area contributed by atoms with Crippen LogP contribution in [0.15, 0.2) is 60.8 Å². The molecule has 11 heteroatoms. The molecule has 0 bridgehead atoms. The van der Waals surface area contributed by atoms with Crippen LogP contribution in [0.5, 0.6) is 0 Å². The molecule has 0 fully saturated rings. The smallest absolute Gasteiger partial charge is 0.319 e. The van der Waals surface area contributed by atoms with Crippen molar-refractivity contribution in [2.24, 2.45) is 0 Å². The molecule has 33 heavy (non-hydrogen) atoms. The first-order valence-electron chi connectivity index (χ1n) is 9.85. The highest BCUT2D eigenvalue weighted by Gasteiger charge is 2.39. The van der Waals surface area contributed by atoms with Gasteiger partial charge >= 0.3 is 18.1 Å². The Balaban J connectivity index is 1.73. The molecule has 0 atom stereocenters. The van der Waals surface area contributed by atoms with Gasteiger partial charge in [0.15, 0.2) is 0 Å². The molecular formula is C22H17ClF3N5O2. The number of hydrogen-bond donors (Lipinski definition) is 1. The van der Waals surface area contributed by atoms with Crippen molar-refractivity contribution in [2.45, 2.75) is 19.1 Å². The van der Waals surface area contributed by atoms with Gasteiger partial charge < -0.3 is 10.2 Å². The highest BCUT2D eigenvalue weighted by molar-refractivity contribution is 6.28. The number of alkyl halides is 3. The molecule has 0 saturated heterocycles. The van der Waals surface area contributed by atoms with E-state index in [0.29, 0.717) is 25.1 Å². The van der Waals surface area contributed by atoms with Gasteiger partial charge in [-0.3, -0.25) is 4.79 Å². The van der Waals surface area contributed by atoms with Crippen molar-refractivity contribution >= 4 is 40.7 Å². The first kappa shape index (κ1) is 22.5. The molecule has 0 spiro atoms. The lowest BCUT2D eigenvalue weighted by Gasteiger charge is -2.28. The minimum atomic E-state index is -5.05. The summed E-state index contributed by atoms with van der Waals surface area (Å²) in [5, 5.41) is 1.72. The lowest BCUT2D eigenvalue weighted by Crippen LogP contribution is -2.40. The van der Waals surface area contributed by atoms with Crippen molar-refractivity contribution in [3.8, 4) is 0 Å². The van der Waals surface area contributed by atoms with Crippen molar-refractivity contribution < 1.29 is 22.8 Å². The second-order valence-electron chi connectivity index (χ2n) is 7.27. The Morgan fingerprint density at radius 2 is 1.88 bits per heavy atom. The molecule has 2 aromatic carbocycles. The van der Waals surface area contributed by atoms with Crippen molar-refractivity contribution in [1.82, 2.24) is 14.9 Å². The maximum Gasteiger partial charge on any atom is 0.471 e. The maximum atomic E-state index is 13.6. The minimum absolute atomic E-state index is 0.0791. The van der Waals surface area contributed by atoms with E-state index in [9.17, 15) is 22.8 Å². The summed E-state index contributed by atoms with van der Waals surface area (Å²) in [6, 6.07) is 14.5. The Labute approximate surface area is 191 Å². The molecule has 1 aliphatic heterocycles. The van der Waals surface area contributed by atoms with E-state index >= 15 is 0 Å². The number of rotatable bonds is 4. The monoisotopic (exact) mass is 475 g/mol. The number of nitrogens with zero attached hydrogens (tertiary/aromatic N) is 4. The number of hydrogen-bond acceptors (Lipinski definition) is 4. The molecule has 7 nitrogen and oxygen atoms in total. The van der Waals surface area contributed by atoms with Gasteiger partial charge in [0.25, 0.3) is 0 Å². The van der Waals surface area contributed by atoms with Gasteiger partial charge in [0, 0.05) is 30.5 Å². The van der Waals surface area contributed by atoms with Gasteiger partial charge in [0.05, 0.1) is 5.69 Å². The van der Waals surface area contributed by atoms with E-state index in [1.807, 2.05) is 30.3 Å². The molecule has 4 rings (SSSR count). The zero-order valence-electron chi connectivity index (χ0n) is 17.0. The van der Waals surface area contributed by atoms with Crippen LogP contribution in [0.4, 0.5) is 35.2 Å². The lowest BCUT2D eigenvalue weighted by molar-refractivity contribution is -0.167. The van der Waals surface area contributed by atoms with E-state index < -0.39 is 18.1 Å². The number of carbonyl (C=O) groups excluding carboxylic acids is 2. The number of nitrogens with one attached hydrogen (secondary N) is 1. The molecule has 3 amide bonds. The Morgan fingerprint density at radius 1 is 1.12 bits per heavy atom. The van der Waals surface area contributed by atoms with Crippen molar-refractivity contribution in [2.75, 3.05) is 16.8 Å². The fraction of sp³-hybridized carbons (Fsp3) is 0.182. The summed E-state index contributed by atoms with van der Waals surface area (Å²) in [6.45, 7) is 0.683. The second-order valence-corrected chi connectivity index (χ2v) is 7.60. The van der Waals surface area contributed by atoms with E-state index in [1.54, 1.807) is 10.2 Å². The third kappa shape index (κ3) is 5.06. The number of amides is 3. The second kappa shape index (κ2) is 9.07. The van der Waals surface area contributed by atoms with E-state index in [-0.39, 0.29) is 22.5 Å². The van der Waals surface area contributed by atoms with Crippen molar-refractivity contribution in [3.63, 3.8) is 0 Å². The van der Waals surface area contributed by atoms with Crippen LogP contribution >= 0.6 is 11.6 Å². The fourth-order valence-electron chi connectivity index (χ4n) is 3.44. The van der Waals surface area contributed by atoms with E-state index in [0.717, 1.165) is 5.56 Å². The van der Waals surface area contributed by atoms with Crippen molar-refractivity contribution in [1.29, 1.82) is 0 Å². The van der Waals surface area contributed by atoms with Gasteiger partial charge in [-0.25, -0.2) is 14.7 Å². The predicted octanol–water partition coefficient (Wildman–Crippen LogP) is 4.95. The first-order valence-corrected chi connectivity index (χ1v) is 10.2. The average Bonchev–Trinajstić information content (AvgIpc) is 2.90. The zero-order chi connectivity index (χ0) is 23.6. The highest BCUT2D eigenvalue weighted by Crippen LogP contribution is 2.33. The van der Waals surface area contributed by atoms with Gasteiger partial charge in [0.2, 0.25) is 5.28 Å². The first-order chi connectivity index (χ1) is 15.7. The van der Waals surface area contributed by atoms with Gasteiger partial charge in [-0.2, -0.15) is 18.2 Å². The topological polar surface area (TPSA) is 78.4 Å². The van der Waals surface area contributed by atoms with Crippen LogP contribution in [-0.4, -0.2) is 39.5 Å². The lowest BCUT2D eigenvalue weighted by atomic mass is 10.2. The summed E-state index contributed by atoms with van der Waals surface area (Å²) in [5.74, 6) is -1.88. The van der Waals surface area contributed by atoms with E-state index in [2.05, 4.69) is 9.97 Å². The van der Waals surface area contributed by atoms with Crippen LogP contribution < -0.4 is 10.2 Å². The Morgan fingerprint density at radius 3 is 2.61 bits per heavy atom. The standard InChI is InChI=1S/C22H17ClF3N5O2/c23-20-27-12-15-9-10-30(13-14-5-2-1-3-6-14)21(33)31(18(15)29-20)17-8-4-7-16(11-17)28-19(32)22(24,25)26/h1-8,11-12H,9-10,13H2,(H,28,32). The molecule has 3 aromatic rings. The van der Waals surface area contributed by atoms with E-state index in [4.69, 9.17) is 11.6 Å². The summed E-state index contributed by atoms with van der Waals surface area (Å²) in [5.41, 5.74) is 1.65. The number of halogens is 4. The van der Waals surface area contributed by atoms with Crippen LogP contribution in [0.1, 0.15) is 11.1 Å². The molecule has 1 aliphatic rings. The maximum absolute atomic E-state index is 13.6. The molecular weight excluding hydrogens is 459 g/mol. The van der Waals surface area contributed by atoms with Crippen LogP contribution in [0.3, 0.4) is 0 Å². The predicted molar refractivity (Wildman–Crippen MR) is 116 cm³/mol. The SMILES string of the molecule is O=C1N(Cc2ccccc2)CCc2cnc(Cl)nc2N1c1cccc(NC(=O)C(F)(F)F)c1. The van der Waals surface area contributed by atoms with Crippen LogP contribution in [0.25, 0.3) is 0 Å². The van der Waals surface area contributed by atoms with Gasteiger partial charge in [-0.1, -0.05) is 36.4 Å². The number of carbonyl (C=O) groups is 2. The average molecular weight is 476 g/mol. The Kier molecular flexibility index (Phi) is 6.19. The van der Waals surface area contributed by atoms with Gasteiger partial charge in [0.1, 0.15) is 5.82 Å². The van der Waals surface area contributed by atoms with Crippen molar-refractivity contribution in [3.05, 3.63) is 77.2 Å². The summed E-state index contributed by atoms with van der Waals surface area (Å²) >= 11 is 5.99. The zero-order valence-corrected chi connectivity index (χ0v) is 17.8. The summed E-state index contributed by atoms with van der Waals surface area (Å²) in [6.07, 6.45) is -3.08. The quantitative estimate of drug-likeness (QED) is 0.542. The van der Waals surface area contributed by atoms with E-state index in [1.165, 1.54) is 35.4 Å².